The molecule has 0 unspecified atom stereocenters. The average molecular weight is 256 g/mol. The lowest BCUT2D eigenvalue weighted by Crippen LogP contribution is -2.45. The lowest BCUT2D eigenvalue weighted by atomic mass is 9.89. The molecule has 108 valence electrons. The summed E-state index contributed by atoms with van der Waals surface area (Å²) in [6.45, 7) is 12.7. The zero-order valence-electron chi connectivity index (χ0n) is 12.8. The Hall–Kier alpha value is -0.120. The lowest BCUT2D eigenvalue weighted by molar-refractivity contribution is 0.142. The van der Waals surface area contributed by atoms with E-state index in [4.69, 9.17) is 4.74 Å². The molecule has 1 saturated heterocycles. The minimum Gasteiger partial charge on any atom is -0.385 e. The van der Waals surface area contributed by atoms with Gasteiger partial charge in [-0.25, -0.2) is 0 Å². The van der Waals surface area contributed by atoms with Crippen LogP contribution in [0.1, 0.15) is 46.5 Å². The molecule has 0 bridgehead atoms. The first kappa shape index (κ1) is 15.9. The number of hydrogen-bond donors (Lipinski definition) is 1. The maximum atomic E-state index is 5.18. The van der Waals surface area contributed by atoms with Crippen LogP contribution in [-0.4, -0.2) is 50.8 Å². The summed E-state index contributed by atoms with van der Waals surface area (Å²) in [5, 5.41) is 3.75. The van der Waals surface area contributed by atoms with Crippen molar-refractivity contribution in [3.8, 4) is 0 Å². The van der Waals surface area contributed by atoms with Gasteiger partial charge in [0.1, 0.15) is 0 Å². The van der Waals surface area contributed by atoms with Gasteiger partial charge < -0.3 is 15.0 Å². The van der Waals surface area contributed by atoms with Gasteiger partial charge in [-0.15, -0.1) is 0 Å². The van der Waals surface area contributed by atoms with Gasteiger partial charge in [0.25, 0.3) is 0 Å². The molecule has 0 spiro atoms. The standard InChI is InChI=1S/C15H32N2O/c1-5-9-17-10-6-14(7-11-17)16-13-15(2,3)8-12-18-4/h14,16H,5-13H2,1-4H3. The normalized spacial score (nSPS) is 19.3. The predicted octanol–water partition coefficient (Wildman–Crippen LogP) is 2.51. The molecule has 18 heavy (non-hydrogen) atoms. The van der Waals surface area contributed by atoms with E-state index in [1.807, 2.05) is 0 Å². The maximum absolute atomic E-state index is 5.18. The van der Waals surface area contributed by atoms with E-state index < -0.39 is 0 Å². The molecule has 3 heteroatoms. The molecule has 1 rings (SSSR count). The first-order valence-electron chi connectivity index (χ1n) is 7.52. The lowest BCUT2D eigenvalue weighted by Gasteiger charge is -2.34. The highest BCUT2D eigenvalue weighted by Crippen LogP contribution is 2.20. The molecular formula is C15H32N2O. The zero-order chi connectivity index (χ0) is 13.4. The number of methoxy groups -OCH3 is 1. The van der Waals surface area contributed by atoms with Crippen molar-refractivity contribution in [3.05, 3.63) is 0 Å². The summed E-state index contributed by atoms with van der Waals surface area (Å²) in [4.78, 5) is 2.59. The van der Waals surface area contributed by atoms with E-state index in [0.29, 0.717) is 5.41 Å². The zero-order valence-corrected chi connectivity index (χ0v) is 12.8. The van der Waals surface area contributed by atoms with E-state index in [9.17, 15) is 0 Å². The Morgan fingerprint density at radius 2 is 1.94 bits per heavy atom. The van der Waals surface area contributed by atoms with Crippen LogP contribution >= 0.6 is 0 Å². The molecule has 3 nitrogen and oxygen atoms in total. The van der Waals surface area contributed by atoms with E-state index in [0.717, 1.165) is 25.6 Å². The van der Waals surface area contributed by atoms with Crippen LogP contribution in [0.5, 0.6) is 0 Å². The van der Waals surface area contributed by atoms with Crippen molar-refractivity contribution in [3.63, 3.8) is 0 Å². The molecule has 0 aromatic rings. The van der Waals surface area contributed by atoms with Gasteiger partial charge in [0, 0.05) is 26.3 Å². The Morgan fingerprint density at radius 1 is 1.28 bits per heavy atom. The van der Waals surface area contributed by atoms with Crippen molar-refractivity contribution < 1.29 is 4.74 Å². The molecule has 0 aromatic carbocycles. The average Bonchev–Trinajstić information content (AvgIpc) is 2.36. The monoisotopic (exact) mass is 256 g/mol. The highest BCUT2D eigenvalue weighted by molar-refractivity contribution is 4.80. The van der Waals surface area contributed by atoms with Crippen LogP contribution in [0.2, 0.25) is 0 Å². The molecule has 1 N–H and O–H groups in total. The van der Waals surface area contributed by atoms with E-state index >= 15 is 0 Å². The first-order valence-corrected chi connectivity index (χ1v) is 7.52. The third-order valence-corrected chi connectivity index (χ3v) is 3.98. The number of piperidine rings is 1. The van der Waals surface area contributed by atoms with Crippen LogP contribution in [0.15, 0.2) is 0 Å². The van der Waals surface area contributed by atoms with E-state index in [-0.39, 0.29) is 0 Å². The fourth-order valence-electron chi connectivity index (χ4n) is 2.56. The second kappa shape index (κ2) is 8.13. The summed E-state index contributed by atoms with van der Waals surface area (Å²) in [7, 11) is 1.78. The summed E-state index contributed by atoms with van der Waals surface area (Å²) in [6.07, 6.45) is 5.02. The minimum absolute atomic E-state index is 0.344. The highest BCUT2D eigenvalue weighted by atomic mass is 16.5. The SMILES string of the molecule is CCCN1CCC(NCC(C)(C)CCOC)CC1. The van der Waals surface area contributed by atoms with Gasteiger partial charge in [-0.3, -0.25) is 0 Å². The molecule has 1 aliphatic heterocycles. The van der Waals surface area contributed by atoms with Crippen LogP contribution in [-0.2, 0) is 4.74 Å². The van der Waals surface area contributed by atoms with Gasteiger partial charge >= 0.3 is 0 Å². The molecule has 1 heterocycles. The minimum atomic E-state index is 0.344. The first-order chi connectivity index (χ1) is 8.57. The molecule has 0 amide bonds. The van der Waals surface area contributed by atoms with Crippen molar-refractivity contribution in [2.24, 2.45) is 5.41 Å². The van der Waals surface area contributed by atoms with Crippen molar-refractivity contribution in [2.45, 2.75) is 52.5 Å². The Morgan fingerprint density at radius 3 is 2.50 bits per heavy atom. The molecule has 0 aromatic heterocycles. The van der Waals surface area contributed by atoms with Gasteiger partial charge in [0.05, 0.1) is 0 Å². The number of ether oxygens (including phenoxy) is 1. The second-order valence-electron chi connectivity index (χ2n) is 6.40. The van der Waals surface area contributed by atoms with Gasteiger partial charge in [-0.2, -0.15) is 0 Å². The van der Waals surface area contributed by atoms with Crippen LogP contribution < -0.4 is 5.32 Å². The van der Waals surface area contributed by atoms with Gasteiger partial charge in [-0.05, 0) is 50.7 Å². The van der Waals surface area contributed by atoms with E-state index in [1.54, 1.807) is 7.11 Å². The number of nitrogens with zero attached hydrogens (tertiary/aromatic N) is 1. The molecule has 0 saturated carbocycles. The Kier molecular flexibility index (Phi) is 7.20. The Bertz CT molecular complexity index is 211. The molecular weight excluding hydrogens is 224 g/mol. The molecule has 0 aliphatic carbocycles. The quantitative estimate of drug-likeness (QED) is 0.722. The maximum Gasteiger partial charge on any atom is 0.0467 e. The van der Waals surface area contributed by atoms with Crippen molar-refractivity contribution in [1.29, 1.82) is 0 Å². The fraction of sp³-hybridized carbons (Fsp3) is 1.00. The second-order valence-corrected chi connectivity index (χ2v) is 6.40. The molecule has 0 atom stereocenters. The van der Waals surface area contributed by atoms with Gasteiger partial charge in [-0.1, -0.05) is 20.8 Å². The van der Waals surface area contributed by atoms with Gasteiger partial charge in [0.15, 0.2) is 0 Å². The summed E-state index contributed by atoms with van der Waals surface area (Å²) in [6, 6.07) is 0.722. The van der Waals surface area contributed by atoms with Crippen molar-refractivity contribution >= 4 is 0 Å². The largest absolute Gasteiger partial charge is 0.385 e. The van der Waals surface area contributed by atoms with Crippen LogP contribution in [0.3, 0.4) is 0 Å². The number of rotatable bonds is 8. The molecule has 1 fully saturated rings. The van der Waals surface area contributed by atoms with Crippen molar-refractivity contribution in [1.82, 2.24) is 10.2 Å². The van der Waals surface area contributed by atoms with Gasteiger partial charge in [0.2, 0.25) is 0 Å². The van der Waals surface area contributed by atoms with E-state index in [2.05, 4.69) is 31.0 Å². The smallest absolute Gasteiger partial charge is 0.0467 e. The van der Waals surface area contributed by atoms with Crippen LogP contribution in [0, 0.1) is 5.41 Å². The fourth-order valence-corrected chi connectivity index (χ4v) is 2.56. The molecule has 0 radical (unpaired) electrons. The molecule has 1 aliphatic rings. The summed E-state index contributed by atoms with van der Waals surface area (Å²) >= 11 is 0. The number of hydrogen-bond acceptors (Lipinski definition) is 3. The number of likely N-dealkylation sites (tertiary alicyclic amines) is 1. The van der Waals surface area contributed by atoms with Crippen LogP contribution in [0.25, 0.3) is 0 Å². The van der Waals surface area contributed by atoms with Crippen molar-refractivity contribution in [2.75, 3.05) is 39.9 Å². The third-order valence-electron chi connectivity index (χ3n) is 3.98. The van der Waals surface area contributed by atoms with Crippen LogP contribution in [0.4, 0.5) is 0 Å². The Balaban J connectivity index is 2.17. The Labute approximate surface area is 113 Å². The number of nitrogens with one attached hydrogen (secondary N) is 1. The topological polar surface area (TPSA) is 24.5 Å². The van der Waals surface area contributed by atoms with E-state index in [1.165, 1.54) is 38.9 Å². The summed E-state index contributed by atoms with van der Waals surface area (Å²) in [5.74, 6) is 0. The summed E-state index contributed by atoms with van der Waals surface area (Å²) in [5.41, 5.74) is 0.344. The highest BCUT2D eigenvalue weighted by Gasteiger charge is 2.22. The third kappa shape index (κ3) is 6.17. The predicted molar refractivity (Wildman–Crippen MR) is 78.0 cm³/mol. The summed E-state index contributed by atoms with van der Waals surface area (Å²) < 4.78 is 5.18.